The third-order valence-electron chi connectivity index (χ3n) is 5.46. The summed E-state index contributed by atoms with van der Waals surface area (Å²) >= 11 is 0. The summed E-state index contributed by atoms with van der Waals surface area (Å²) in [6.07, 6.45) is -2.09. The number of benzene rings is 2. The van der Waals surface area contributed by atoms with E-state index in [2.05, 4.69) is 14.0 Å². The summed E-state index contributed by atoms with van der Waals surface area (Å²) in [5, 5.41) is 6.74. The molecule has 1 aliphatic heterocycles. The molecule has 1 saturated heterocycles. The highest BCUT2D eigenvalue weighted by Crippen LogP contribution is 2.27. The number of aromatic nitrogens is 2. The largest absolute Gasteiger partial charge is 0.415 e. The predicted molar refractivity (Wildman–Crippen MR) is 129 cm³/mol. The van der Waals surface area contributed by atoms with E-state index in [4.69, 9.17) is 4.42 Å². The van der Waals surface area contributed by atoms with Gasteiger partial charge >= 0.3 is 12.5 Å². The topological polar surface area (TPSA) is 126 Å². The Balaban J connectivity index is 1.57. The van der Waals surface area contributed by atoms with Crippen molar-refractivity contribution in [1.29, 1.82) is 0 Å². The number of nitrogens with zero attached hydrogens (tertiary/aromatic N) is 5. The number of rotatable bonds is 6. The van der Waals surface area contributed by atoms with Crippen LogP contribution in [0.25, 0.3) is 11.5 Å². The van der Waals surface area contributed by atoms with Crippen LogP contribution in [0.2, 0.25) is 0 Å². The van der Waals surface area contributed by atoms with Crippen LogP contribution in [0.3, 0.4) is 0 Å². The summed E-state index contributed by atoms with van der Waals surface area (Å²) in [5.41, 5.74) is 0.697. The van der Waals surface area contributed by atoms with Gasteiger partial charge in [0.2, 0.25) is 5.89 Å². The summed E-state index contributed by atoms with van der Waals surface area (Å²) in [4.78, 5) is 16.2. The maximum atomic E-state index is 15.0. The van der Waals surface area contributed by atoms with Crippen LogP contribution in [0.4, 0.5) is 23.7 Å². The Hall–Kier alpha value is -3.46. The van der Waals surface area contributed by atoms with Gasteiger partial charge in [-0.1, -0.05) is 24.3 Å². The molecule has 0 unspecified atom stereocenters. The molecule has 2 heterocycles. The van der Waals surface area contributed by atoms with E-state index in [9.17, 15) is 26.2 Å². The Bertz CT molecular complexity index is 1510. The van der Waals surface area contributed by atoms with Crippen LogP contribution in [0.5, 0.6) is 0 Å². The number of alkyl halides is 2. The minimum atomic E-state index is -3.81. The molecule has 1 aliphatic rings. The lowest BCUT2D eigenvalue weighted by Gasteiger charge is -2.34. The predicted octanol–water partition coefficient (Wildman–Crippen LogP) is 3.68. The fourth-order valence-corrected chi connectivity index (χ4v) is 7.48. The molecular formula is C22H22F3N5O5S2. The van der Waals surface area contributed by atoms with Crippen LogP contribution in [-0.2, 0) is 26.3 Å². The smallest absolute Gasteiger partial charge is 0.324 e. The molecule has 4 rings (SSSR count). The number of hydrogen-bond acceptors (Lipinski definition) is 7. The van der Waals surface area contributed by atoms with E-state index in [0.717, 1.165) is 12.3 Å². The van der Waals surface area contributed by atoms with E-state index >= 15 is 4.39 Å². The number of sulfonamides is 1. The zero-order chi connectivity index (χ0) is 26.8. The average molecular weight is 558 g/mol. The van der Waals surface area contributed by atoms with E-state index in [1.165, 1.54) is 21.9 Å². The van der Waals surface area contributed by atoms with Crippen molar-refractivity contribution in [2.24, 2.45) is 3.77 Å². The number of anilines is 1. The Morgan fingerprint density at radius 1 is 1.16 bits per heavy atom. The maximum Gasteiger partial charge on any atom is 0.324 e. The van der Waals surface area contributed by atoms with E-state index in [1.54, 1.807) is 30.3 Å². The highest BCUT2D eigenvalue weighted by molar-refractivity contribution is 8.03. The Morgan fingerprint density at radius 3 is 2.41 bits per heavy atom. The molecule has 37 heavy (non-hydrogen) atoms. The number of halogens is 3. The fraction of sp³-hybridized carbons (Fsp3) is 0.318. The van der Waals surface area contributed by atoms with Crippen molar-refractivity contribution in [3.05, 3.63) is 65.8 Å². The highest BCUT2D eigenvalue weighted by atomic mass is 32.3. The maximum absolute atomic E-state index is 15.0. The third-order valence-corrected chi connectivity index (χ3v) is 9.27. The minimum Gasteiger partial charge on any atom is -0.415 e. The first-order valence-corrected chi connectivity index (χ1v) is 14.6. The average Bonchev–Trinajstić information content (AvgIpc) is 3.33. The van der Waals surface area contributed by atoms with Crippen LogP contribution in [0.1, 0.15) is 17.9 Å². The van der Waals surface area contributed by atoms with Crippen molar-refractivity contribution in [1.82, 2.24) is 15.1 Å². The van der Waals surface area contributed by atoms with Gasteiger partial charge in [-0.3, -0.25) is 4.90 Å². The molecule has 2 aromatic carbocycles. The van der Waals surface area contributed by atoms with Gasteiger partial charge in [-0.15, -0.1) is 14.0 Å². The van der Waals surface area contributed by atoms with Gasteiger partial charge in [0.1, 0.15) is 5.82 Å². The second-order valence-corrected chi connectivity index (χ2v) is 12.7. The molecule has 15 heteroatoms. The molecule has 0 aliphatic carbocycles. The van der Waals surface area contributed by atoms with Crippen LogP contribution < -0.4 is 4.90 Å². The summed E-state index contributed by atoms with van der Waals surface area (Å²) in [6.45, 7) is -0.170. The molecule has 0 radical (unpaired) electrons. The molecule has 10 nitrogen and oxygen atoms in total. The molecule has 0 spiro atoms. The van der Waals surface area contributed by atoms with Crippen molar-refractivity contribution < 1.29 is 35.0 Å². The number of carbonyl (C=O) groups excluding carboxylic acids is 1. The summed E-state index contributed by atoms with van der Waals surface area (Å²) in [7, 11) is -6.82. The van der Waals surface area contributed by atoms with Crippen LogP contribution in [0, 0.1) is 5.82 Å². The first kappa shape index (κ1) is 26.6. The Labute approximate surface area is 211 Å². The molecule has 0 saturated carbocycles. The normalized spacial score (nSPS) is 15.5. The molecule has 0 bridgehead atoms. The van der Waals surface area contributed by atoms with Crippen molar-refractivity contribution >= 4 is 31.5 Å². The SMILES string of the molecule is CS(=O)(=O)N=S1(=O)CCN(C(=O)N(Cc2ccc(-c3nnc(C(F)F)o3)cc2F)c2ccccc2)CC1. The van der Waals surface area contributed by atoms with E-state index in [1.807, 2.05) is 0 Å². The summed E-state index contributed by atoms with van der Waals surface area (Å²) in [5.74, 6) is -2.09. The lowest BCUT2D eigenvalue weighted by molar-refractivity contribution is 0.116. The molecule has 1 aromatic heterocycles. The van der Waals surface area contributed by atoms with Crippen LogP contribution in [-0.4, -0.2) is 64.6 Å². The quantitative estimate of drug-likeness (QED) is 0.453. The van der Waals surface area contributed by atoms with E-state index in [-0.39, 0.29) is 48.2 Å². The van der Waals surface area contributed by atoms with Gasteiger partial charge in [0.05, 0.1) is 34.0 Å². The van der Waals surface area contributed by atoms with Gasteiger partial charge < -0.3 is 9.32 Å². The second kappa shape index (κ2) is 10.5. The molecule has 1 fully saturated rings. The first-order valence-electron chi connectivity index (χ1n) is 10.9. The van der Waals surface area contributed by atoms with E-state index in [0.29, 0.717) is 5.69 Å². The lowest BCUT2D eigenvalue weighted by atomic mass is 10.1. The molecule has 3 aromatic rings. The van der Waals surface area contributed by atoms with Crippen LogP contribution >= 0.6 is 0 Å². The Kier molecular flexibility index (Phi) is 7.54. The molecule has 0 atom stereocenters. The summed E-state index contributed by atoms with van der Waals surface area (Å²) < 4.78 is 84.5. The van der Waals surface area contributed by atoms with E-state index < -0.39 is 43.9 Å². The second-order valence-electron chi connectivity index (χ2n) is 8.23. The van der Waals surface area contributed by atoms with Crippen molar-refractivity contribution in [2.45, 2.75) is 13.0 Å². The number of amides is 2. The standard InChI is InChI=1S/C22H22F3N5O5S2/c1-36(32,33)28-37(34)11-9-29(10-12-37)22(31)30(17-5-3-2-4-6-17)14-16-8-7-15(13-18(16)23)20-26-27-21(35-20)19(24)25/h2-8,13,19H,9-12,14H2,1H3. The number of carbonyl (C=O) groups is 1. The van der Waals surface area contributed by atoms with Gasteiger partial charge in [-0.25, -0.2) is 21.8 Å². The van der Waals surface area contributed by atoms with Crippen molar-refractivity contribution in [2.75, 3.05) is 35.8 Å². The molecule has 0 N–H and O–H groups in total. The molecule has 198 valence electrons. The molecular weight excluding hydrogens is 535 g/mol. The molecule has 2 amide bonds. The lowest BCUT2D eigenvalue weighted by Crippen LogP contribution is -2.49. The highest BCUT2D eigenvalue weighted by Gasteiger charge is 2.30. The van der Waals surface area contributed by atoms with Crippen molar-refractivity contribution in [3.63, 3.8) is 0 Å². The Morgan fingerprint density at radius 2 is 1.84 bits per heavy atom. The van der Waals surface area contributed by atoms with Gasteiger partial charge in [0, 0.05) is 29.9 Å². The summed E-state index contributed by atoms with van der Waals surface area (Å²) in [6, 6.07) is 11.9. The fourth-order valence-electron chi connectivity index (χ4n) is 3.70. The monoisotopic (exact) mass is 557 g/mol. The zero-order valence-electron chi connectivity index (χ0n) is 19.5. The van der Waals surface area contributed by atoms with Crippen LogP contribution in [0.15, 0.2) is 56.7 Å². The third kappa shape index (κ3) is 6.46. The number of hydrogen-bond donors (Lipinski definition) is 0. The zero-order valence-corrected chi connectivity index (χ0v) is 21.1. The number of urea groups is 1. The van der Waals surface area contributed by atoms with Gasteiger partial charge in [0.15, 0.2) is 0 Å². The number of para-hydroxylation sites is 1. The van der Waals surface area contributed by atoms with Gasteiger partial charge in [-0.05, 0) is 24.3 Å². The van der Waals surface area contributed by atoms with Gasteiger partial charge in [-0.2, -0.15) is 8.78 Å². The minimum absolute atomic E-state index is 0.00503. The van der Waals surface area contributed by atoms with Gasteiger partial charge in [0.25, 0.3) is 15.9 Å². The van der Waals surface area contributed by atoms with Crippen molar-refractivity contribution in [3.8, 4) is 11.5 Å². The first-order chi connectivity index (χ1) is 17.4.